The van der Waals surface area contributed by atoms with Crippen LogP contribution in [0.3, 0.4) is 0 Å². The molecule has 0 saturated heterocycles. The summed E-state index contributed by atoms with van der Waals surface area (Å²) in [6.07, 6.45) is 0.576. The van der Waals surface area contributed by atoms with Crippen LogP contribution in [0, 0.1) is 12.8 Å². The molecule has 1 aromatic rings. The third-order valence-corrected chi connectivity index (χ3v) is 2.61. The van der Waals surface area contributed by atoms with E-state index >= 15 is 0 Å². The first-order valence-corrected chi connectivity index (χ1v) is 5.26. The van der Waals surface area contributed by atoms with E-state index in [1.807, 2.05) is 6.92 Å². The molecule has 0 heterocycles. The fourth-order valence-corrected chi connectivity index (χ4v) is 1.61. The fraction of sp³-hybridized carbons (Fsp3) is 0.357. The van der Waals surface area contributed by atoms with Gasteiger partial charge in [-0.05, 0) is 30.9 Å². The van der Waals surface area contributed by atoms with Gasteiger partial charge in [-0.1, -0.05) is 43.3 Å². The highest BCUT2D eigenvalue weighted by atomic mass is 16.1. The summed E-state index contributed by atoms with van der Waals surface area (Å²) in [6.45, 7) is 9.79. The molecule has 1 aromatic carbocycles. The van der Waals surface area contributed by atoms with Crippen LogP contribution in [0.15, 0.2) is 30.8 Å². The summed E-state index contributed by atoms with van der Waals surface area (Å²) in [7, 11) is 0. The lowest BCUT2D eigenvalue weighted by atomic mass is 9.91. The quantitative estimate of drug-likeness (QED) is 0.728. The highest BCUT2D eigenvalue weighted by molar-refractivity contribution is 5.79. The molecular weight excluding hydrogens is 184 g/mol. The van der Waals surface area contributed by atoms with Gasteiger partial charge in [-0.2, -0.15) is 0 Å². The summed E-state index contributed by atoms with van der Waals surface area (Å²) in [5.41, 5.74) is 3.42. The Balaban J connectivity index is 2.76. The summed E-state index contributed by atoms with van der Waals surface area (Å²) >= 11 is 0. The molecule has 0 saturated carbocycles. The molecule has 0 aromatic heterocycles. The van der Waals surface area contributed by atoms with Gasteiger partial charge in [0.2, 0.25) is 0 Å². The Labute approximate surface area is 91.8 Å². The van der Waals surface area contributed by atoms with E-state index in [0.717, 1.165) is 11.1 Å². The van der Waals surface area contributed by atoms with Crippen LogP contribution < -0.4 is 0 Å². The highest BCUT2D eigenvalue weighted by Crippen LogP contribution is 2.24. The van der Waals surface area contributed by atoms with Gasteiger partial charge < -0.3 is 4.79 Å². The van der Waals surface area contributed by atoms with Crippen LogP contribution in [0.5, 0.6) is 0 Å². The van der Waals surface area contributed by atoms with Crippen molar-refractivity contribution in [2.75, 3.05) is 0 Å². The molecule has 1 nitrogen and oxygen atoms in total. The lowest BCUT2D eigenvalue weighted by molar-refractivity contribution is -0.117. The van der Waals surface area contributed by atoms with Crippen molar-refractivity contribution in [3.8, 4) is 0 Å². The molecule has 1 rings (SSSR count). The molecule has 15 heavy (non-hydrogen) atoms. The van der Waals surface area contributed by atoms with E-state index in [2.05, 4.69) is 37.8 Å². The van der Waals surface area contributed by atoms with Gasteiger partial charge in [-0.15, -0.1) is 0 Å². The van der Waals surface area contributed by atoms with Gasteiger partial charge in [0.05, 0.1) is 0 Å². The van der Waals surface area contributed by atoms with Gasteiger partial charge in [0, 0.05) is 6.42 Å². The Bertz CT molecular complexity index is 359. The number of rotatable bonds is 4. The molecule has 0 aliphatic carbocycles. The van der Waals surface area contributed by atoms with Crippen molar-refractivity contribution in [1.82, 2.24) is 0 Å². The van der Waals surface area contributed by atoms with Crippen molar-refractivity contribution >= 4 is 11.4 Å². The van der Waals surface area contributed by atoms with Crippen LogP contribution in [-0.4, -0.2) is 5.78 Å². The molecule has 0 aliphatic heterocycles. The van der Waals surface area contributed by atoms with Crippen molar-refractivity contribution in [3.05, 3.63) is 42.0 Å². The lowest BCUT2D eigenvalue weighted by Gasteiger charge is -2.13. The van der Waals surface area contributed by atoms with E-state index in [0.29, 0.717) is 6.42 Å². The van der Waals surface area contributed by atoms with Gasteiger partial charge in [0.25, 0.3) is 0 Å². The number of hydrogen-bond acceptors (Lipinski definition) is 1. The Morgan fingerprint density at radius 1 is 1.33 bits per heavy atom. The molecule has 1 heteroatoms. The zero-order valence-electron chi connectivity index (χ0n) is 9.71. The van der Waals surface area contributed by atoms with E-state index in [9.17, 15) is 4.79 Å². The number of Topliss-reactive ketones (excluding diaryl/α,β-unsaturated/α-hetero) is 1. The summed E-state index contributed by atoms with van der Waals surface area (Å²) in [5.74, 6) is 0.445. The molecule has 80 valence electrons. The zero-order valence-corrected chi connectivity index (χ0v) is 9.71. The molecule has 0 aliphatic rings. The first-order valence-electron chi connectivity index (χ1n) is 5.26. The second-order valence-electron chi connectivity index (χ2n) is 4.20. The normalized spacial score (nSPS) is 12.2. The molecule has 0 spiro atoms. The second kappa shape index (κ2) is 4.92. The summed E-state index contributed by atoms with van der Waals surface area (Å²) < 4.78 is 0. The minimum atomic E-state index is 0.218. The van der Waals surface area contributed by atoms with Crippen LogP contribution >= 0.6 is 0 Å². The molecule has 0 N–H and O–H groups in total. The molecule has 1 unspecified atom stereocenters. The number of allylic oxidation sites excluding steroid dienone is 1. The van der Waals surface area contributed by atoms with Crippen molar-refractivity contribution in [2.45, 2.75) is 27.2 Å². The minimum Gasteiger partial charge on any atom is -0.300 e. The zero-order chi connectivity index (χ0) is 11.4. The molecule has 0 amide bonds. The van der Waals surface area contributed by atoms with Crippen molar-refractivity contribution < 1.29 is 4.79 Å². The average molecular weight is 202 g/mol. The highest BCUT2D eigenvalue weighted by Gasteiger charge is 2.10. The van der Waals surface area contributed by atoms with Crippen LogP contribution in [-0.2, 0) is 4.79 Å². The van der Waals surface area contributed by atoms with Crippen LogP contribution in [0.2, 0.25) is 0 Å². The summed E-state index contributed by atoms with van der Waals surface area (Å²) in [6, 6.07) is 8.27. The number of aryl methyl sites for hydroxylation is 1. The lowest BCUT2D eigenvalue weighted by Crippen LogP contribution is -2.03. The average Bonchev–Trinajstić information content (AvgIpc) is 2.17. The monoisotopic (exact) mass is 202 g/mol. The maximum absolute atomic E-state index is 11.0. The van der Waals surface area contributed by atoms with Crippen molar-refractivity contribution in [1.29, 1.82) is 0 Å². The maximum atomic E-state index is 11.0. The van der Waals surface area contributed by atoms with E-state index in [1.165, 1.54) is 5.56 Å². The van der Waals surface area contributed by atoms with Gasteiger partial charge in [-0.25, -0.2) is 0 Å². The SMILES string of the molecule is C=C(c1ccc(C)cc1)C(C)CC(C)=O. The summed E-state index contributed by atoms with van der Waals surface area (Å²) in [4.78, 5) is 11.0. The third-order valence-electron chi connectivity index (χ3n) is 2.61. The first-order chi connectivity index (χ1) is 7.00. The smallest absolute Gasteiger partial charge is 0.130 e. The topological polar surface area (TPSA) is 17.1 Å². The predicted octanol–water partition coefficient (Wildman–Crippen LogP) is 3.62. The number of ketones is 1. The molecule has 0 bridgehead atoms. The van der Waals surface area contributed by atoms with E-state index in [1.54, 1.807) is 6.92 Å². The fourth-order valence-electron chi connectivity index (χ4n) is 1.61. The van der Waals surface area contributed by atoms with Gasteiger partial charge >= 0.3 is 0 Å². The Kier molecular flexibility index (Phi) is 3.84. The molecular formula is C14H18O. The van der Waals surface area contributed by atoms with E-state index < -0.39 is 0 Å². The van der Waals surface area contributed by atoms with E-state index in [-0.39, 0.29) is 11.7 Å². The standard InChI is InChI=1S/C14H18O/c1-10-5-7-14(8-6-10)13(4)11(2)9-12(3)15/h5-8,11H,4,9H2,1-3H3. The largest absolute Gasteiger partial charge is 0.300 e. The van der Waals surface area contributed by atoms with E-state index in [4.69, 9.17) is 0 Å². The van der Waals surface area contributed by atoms with Crippen molar-refractivity contribution in [2.24, 2.45) is 5.92 Å². The Morgan fingerprint density at radius 2 is 1.87 bits per heavy atom. The third kappa shape index (κ3) is 3.35. The first kappa shape index (κ1) is 11.7. The Hall–Kier alpha value is -1.37. The Morgan fingerprint density at radius 3 is 2.33 bits per heavy atom. The van der Waals surface area contributed by atoms with Gasteiger partial charge in [0.1, 0.15) is 5.78 Å². The second-order valence-corrected chi connectivity index (χ2v) is 4.20. The van der Waals surface area contributed by atoms with Gasteiger partial charge in [-0.3, -0.25) is 0 Å². The van der Waals surface area contributed by atoms with Gasteiger partial charge in [0.15, 0.2) is 0 Å². The number of hydrogen-bond donors (Lipinski definition) is 0. The number of benzene rings is 1. The van der Waals surface area contributed by atoms with Crippen LogP contribution in [0.25, 0.3) is 5.57 Å². The molecule has 0 radical (unpaired) electrons. The summed E-state index contributed by atoms with van der Waals surface area (Å²) in [5, 5.41) is 0. The number of carbonyl (C=O) groups excluding carboxylic acids is 1. The van der Waals surface area contributed by atoms with Crippen LogP contribution in [0.1, 0.15) is 31.4 Å². The van der Waals surface area contributed by atoms with Crippen molar-refractivity contribution in [3.63, 3.8) is 0 Å². The van der Waals surface area contributed by atoms with Crippen LogP contribution in [0.4, 0.5) is 0 Å². The minimum absolute atomic E-state index is 0.218. The number of carbonyl (C=O) groups is 1. The molecule has 0 fully saturated rings. The predicted molar refractivity (Wildman–Crippen MR) is 64.7 cm³/mol. The maximum Gasteiger partial charge on any atom is 0.130 e. The molecule has 1 atom stereocenters.